The van der Waals surface area contributed by atoms with Crippen LogP contribution in [0.5, 0.6) is 5.75 Å². The van der Waals surface area contributed by atoms with Crippen LogP contribution < -0.4 is 10.2 Å². The van der Waals surface area contributed by atoms with Crippen LogP contribution in [0.2, 0.25) is 0 Å². The van der Waals surface area contributed by atoms with Crippen LogP contribution in [0.15, 0.2) is 51.9 Å². The van der Waals surface area contributed by atoms with Gasteiger partial charge in [0.1, 0.15) is 22.6 Å². The first-order chi connectivity index (χ1) is 14.6. The second kappa shape index (κ2) is 7.55. The Morgan fingerprint density at radius 1 is 1.17 bits per heavy atom. The molecule has 0 unspecified atom stereocenters. The van der Waals surface area contributed by atoms with Crippen LogP contribution in [0.1, 0.15) is 5.56 Å². The molecule has 1 saturated heterocycles. The van der Waals surface area contributed by atoms with Crippen molar-refractivity contribution in [2.24, 2.45) is 0 Å². The largest absolute Gasteiger partial charge is 0.463 e. The fourth-order valence-electron chi connectivity index (χ4n) is 3.47. The summed E-state index contributed by atoms with van der Waals surface area (Å²) in [6.07, 6.45) is 0.998. The van der Waals surface area contributed by atoms with Gasteiger partial charge in [0, 0.05) is 18.7 Å². The maximum absolute atomic E-state index is 13.1. The Morgan fingerprint density at radius 3 is 2.77 bits per heavy atom. The maximum atomic E-state index is 13.1. The smallest absolute Gasteiger partial charge is 0.415 e. The fraction of sp³-hybridized carbons (Fsp3) is 0.227. The normalized spacial score (nSPS) is 14.4. The number of ether oxygens (including phenoxy) is 2. The minimum Gasteiger partial charge on any atom is -0.463 e. The van der Waals surface area contributed by atoms with Crippen LogP contribution in [0.3, 0.4) is 0 Å². The topological polar surface area (TPSA) is 81.9 Å². The lowest BCUT2D eigenvalue weighted by atomic mass is 10.1. The average molecular weight is 422 g/mol. The number of carbonyl (C=O) groups excluding carboxylic acids is 1. The number of thiazole rings is 1. The van der Waals surface area contributed by atoms with E-state index in [0.29, 0.717) is 59.2 Å². The summed E-state index contributed by atoms with van der Waals surface area (Å²) in [5.74, 6) is 0.370. The van der Waals surface area contributed by atoms with E-state index in [9.17, 15) is 9.59 Å². The van der Waals surface area contributed by atoms with Gasteiger partial charge in [-0.05, 0) is 31.2 Å². The van der Waals surface area contributed by atoms with Crippen LogP contribution >= 0.6 is 11.3 Å². The van der Waals surface area contributed by atoms with E-state index in [4.69, 9.17) is 13.9 Å². The minimum atomic E-state index is -0.436. The molecule has 0 aliphatic carbocycles. The van der Waals surface area contributed by atoms with E-state index in [0.717, 1.165) is 10.2 Å². The molecule has 7 nitrogen and oxygen atoms in total. The van der Waals surface area contributed by atoms with E-state index in [1.807, 2.05) is 24.3 Å². The van der Waals surface area contributed by atoms with Gasteiger partial charge < -0.3 is 18.8 Å². The number of rotatable bonds is 2. The summed E-state index contributed by atoms with van der Waals surface area (Å²) in [5.41, 5.74) is 2.10. The number of hydrogen-bond donors (Lipinski definition) is 0. The number of aromatic nitrogens is 1. The molecular weight excluding hydrogens is 404 g/mol. The molecule has 8 heteroatoms. The van der Waals surface area contributed by atoms with E-state index < -0.39 is 6.09 Å². The van der Waals surface area contributed by atoms with E-state index in [2.05, 4.69) is 4.98 Å². The highest BCUT2D eigenvalue weighted by molar-refractivity contribution is 7.21. The Hall–Kier alpha value is -3.23. The molecule has 1 aliphatic heterocycles. The van der Waals surface area contributed by atoms with Crippen molar-refractivity contribution in [3.63, 3.8) is 0 Å². The third-order valence-corrected chi connectivity index (χ3v) is 6.20. The lowest BCUT2D eigenvalue weighted by Crippen LogP contribution is -2.42. The SMILES string of the molecule is Cc1c(OC(=O)N2CCOCC2)ccc2c(=O)c(-c3nc4ccccc4s3)coc12. The van der Waals surface area contributed by atoms with Crippen molar-refractivity contribution >= 4 is 38.6 Å². The molecule has 1 aliphatic rings. The van der Waals surface area contributed by atoms with Crippen molar-refractivity contribution in [2.75, 3.05) is 26.3 Å². The Kier molecular flexibility index (Phi) is 4.72. The molecule has 3 heterocycles. The highest BCUT2D eigenvalue weighted by atomic mass is 32.1. The number of morpholine rings is 1. The zero-order valence-corrected chi connectivity index (χ0v) is 17.0. The standard InChI is InChI=1S/C22H18N2O5S/c1-13-17(29-22(26)24-8-10-27-11-9-24)7-6-14-19(25)15(12-28-20(13)14)21-23-16-4-2-3-5-18(16)30-21/h2-7,12H,8-11H2,1H3. The Morgan fingerprint density at radius 2 is 1.97 bits per heavy atom. The highest BCUT2D eigenvalue weighted by Crippen LogP contribution is 2.31. The first-order valence-electron chi connectivity index (χ1n) is 9.57. The first kappa shape index (κ1) is 18.8. The summed E-state index contributed by atoms with van der Waals surface area (Å²) >= 11 is 1.45. The molecule has 2 aromatic carbocycles. The van der Waals surface area contributed by atoms with Crippen molar-refractivity contribution in [1.29, 1.82) is 0 Å². The molecular formula is C22H18N2O5S. The number of benzene rings is 2. The van der Waals surface area contributed by atoms with Gasteiger partial charge in [-0.2, -0.15) is 0 Å². The Bertz CT molecular complexity index is 1290. The van der Waals surface area contributed by atoms with Crippen LogP contribution in [-0.4, -0.2) is 42.3 Å². The monoisotopic (exact) mass is 422 g/mol. The summed E-state index contributed by atoms with van der Waals surface area (Å²) < 4.78 is 17.6. The van der Waals surface area contributed by atoms with Crippen molar-refractivity contribution in [3.05, 3.63) is 58.4 Å². The zero-order chi connectivity index (χ0) is 20.7. The van der Waals surface area contributed by atoms with Gasteiger partial charge in [-0.1, -0.05) is 12.1 Å². The van der Waals surface area contributed by atoms with Crippen LogP contribution in [0.25, 0.3) is 31.8 Å². The molecule has 0 saturated carbocycles. The molecule has 30 heavy (non-hydrogen) atoms. The number of fused-ring (bicyclic) bond motifs is 2. The van der Waals surface area contributed by atoms with Gasteiger partial charge >= 0.3 is 6.09 Å². The number of aryl methyl sites for hydroxylation is 1. The van der Waals surface area contributed by atoms with Crippen molar-refractivity contribution in [2.45, 2.75) is 6.92 Å². The summed E-state index contributed by atoms with van der Waals surface area (Å²) in [5, 5.41) is 1.04. The molecule has 0 bridgehead atoms. The third kappa shape index (κ3) is 3.24. The highest BCUT2D eigenvalue weighted by Gasteiger charge is 2.21. The minimum absolute atomic E-state index is 0.163. The predicted molar refractivity (Wildman–Crippen MR) is 114 cm³/mol. The van der Waals surface area contributed by atoms with Gasteiger partial charge in [0.05, 0.1) is 34.4 Å². The van der Waals surface area contributed by atoms with Crippen LogP contribution in [0, 0.1) is 6.92 Å². The van der Waals surface area contributed by atoms with Gasteiger partial charge in [0.2, 0.25) is 5.43 Å². The second-order valence-corrected chi connectivity index (χ2v) is 8.03. The molecule has 0 radical (unpaired) electrons. The van der Waals surface area contributed by atoms with E-state index >= 15 is 0 Å². The molecule has 152 valence electrons. The van der Waals surface area contributed by atoms with Crippen LogP contribution in [0.4, 0.5) is 4.79 Å². The van der Waals surface area contributed by atoms with E-state index in [-0.39, 0.29) is 5.43 Å². The van der Waals surface area contributed by atoms with Crippen molar-refractivity contribution < 1.29 is 18.7 Å². The molecule has 4 aromatic rings. The van der Waals surface area contributed by atoms with Gasteiger partial charge in [0.25, 0.3) is 0 Å². The summed E-state index contributed by atoms with van der Waals surface area (Å²) in [7, 11) is 0. The Labute approximate surface area is 175 Å². The quantitative estimate of drug-likeness (QED) is 0.481. The number of hydrogen-bond acceptors (Lipinski definition) is 7. The van der Waals surface area contributed by atoms with Crippen LogP contribution in [-0.2, 0) is 4.74 Å². The van der Waals surface area contributed by atoms with E-state index in [1.54, 1.807) is 24.0 Å². The summed E-state index contributed by atoms with van der Waals surface area (Å²) in [6, 6.07) is 11.0. The lowest BCUT2D eigenvalue weighted by molar-refractivity contribution is 0.0415. The predicted octanol–water partition coefficient (Wildman–Crippen LogP) is 4.21. The zero-order valence-electron chi connectivity index (χ0n) is 16.2. The molecule has 0 N–H and O–H groups in total. The molecule has 2 aromatic heterocycles. The Balaban J connectivity index is 1.51. The van der Waals surface area contributed by atoms with E-state index in [1.165, 1.54) is 17.6 Å². The number of amides is 1. The molecule has 0 spiro atoms. The van der Waals surface area contributed by atoms with Gasteiger partial charge in [-0.25, -0.2) is 9.78 Å². The maximum Gasteiger partial charge on any atom is 0.415 e. The molecule has 5 rings (SSSR count). The molecule has 1 amide bonds. The van der Waals surface area contributed by atoms with Gasteiger partial charge in [-0.3, -0.25) is 4.79 Å². The number of nitrogens with zero attached hydrogens (tertiary/aromatic N) is 2. The van der Waals surface area contributed by atoms with Crippen molar-refractivity contribution in [1.82, 2.24) is 9.88 Å². The number of carbonyl (C=O) groups is 1. The summed E-state index contributed by atoms with van der Waals surface area (Å²) in [6.45, 7) is 3.74. The third-order valence-electron chi connectivity index (χ3n) is 5.13. The van der Waals surface area contributed by atoms with Crippen molar-refractivity contribution in [3.8, 4) is 16.3 Å². The molecule has 0 atom stereocenters. The second-order valence-electron chi connectivity index (χ2n) is 7.00. The molecule has 1 fully saturated rings. The first-order valence-corrected chi connectivity index (χ1v) is 10.4. The van der Waals surface area contributed by atoms with Gasteiger partial charge in [-0.15, -0.1) is 11.3 Å². The fourth-order valence-corrected chi connectivity index (χ4v) is 4.44. The van der Waals surface area contributed by atoms with Gasteiger partial charge in [0.15, 0.2) is 0 Å². The average Bonchev–Trinajstić information content (AvgIpc) is 3.20. The lowest BCUT2D eigenvalue weighted by Gasteiger charge is -2.26. The summed E-state index contributed by atoms with van der Waals surface area (Å²) in [4.78, 5) is 31.7. The number of para-hydroxylation sites is 1.